The zero-order valence-corrected chi connectivity index (χ0v) is 7.43. The molecule has 14 heavy (non-hydrogen) atoms. The van der Waals surface area contributed by atoms with Gasteiger partial charge in [0.2, 0.25) is 0 Å². The highest BCUT2D eigenvalue weighted by Gasteiger charge is 2.33. The van der Waals surface area contributed by atoms with E-state index in [1.165, 1.54) is 0 Å². The average molecular weight is 212 g/mol. The molecular formula is C7H16O7. The third-order valence-corrected chi connectivity index (χ3v) is 1.86. The van der Waals surface area contributed by atoms with E-state index in [0.717, 1.165) is 0 Å². The van der Waals surface area contributed by atoms with Crippen molar-refractivity contribution in [2.45, 2.75) is 30.5 Å². The van der Waals surface area contributed by atoms with Crippen molar-refractivity contribution in [1.82, 2.24) is 0 Å². The maximum Gasteiger partial charge on any atom is 0.111 e. The standard InChI is InChI=1S/C7H16O7/c8-1-3(10)5(12)7(14)6(13)4(11)2-9/h3-14H,1-2H2/t3-,4-,5+,6+/m1/s1. The van der Waals surface area contributed by atoms with Gasteiger partial charge >= 0.3 is 0 Å². The van der Waals surface area contributed by atoms with Crippen molar-refractivity contribution in [2.24, 2.45) is 0 Å². The van der Waals surface area contributed by atoms with Crippen molar-refractivity contribution in [1.29, 1.82) is 0 Å². The van der Waals surface area contributed by atoms with Crippen LogP contribution >= 0.6 is 0 Å². The Morgan fingerprint density at radius 2 is 0.857 bits per heavy atom. The lowest BCUT2D eigenvalue weighted by Crippen LogP contribution is -2.50. The molecule has 0 aromatic heterocycles. The summed E-state index contributed by atoms with van der Waals surface area (Å²) < 4.78 is 0. The lowest BCUT2D eigenvalue weighted by atomic mass is 10.00. The van der Waals surface area contributed by atoms with Crippen molar-refractivity contribution in [2.75, 3.05) is 13.2 Å². The fraction of sp³-hybridized carbons (Fsp3) is 1.00. The molecule has 0 amide bonds. The van der Waals surface area contributed by atoms with E-state index in [-0.39, 0.29) is 0 Å². The molecule has 0 rings (SSSR count). The molecule has 0 aliphatic heterocycles. The van der Waals surface area contributed by atoms with Crippen LogP contribution in [0.25, 0.3) is 0 Å². The van der Waals surface area contributed by atoms with Gasteiger partial charge in [-0.3, -0.25) is 0 Å². The van der Waals surface area contributed by atoms with Gasteiger partial charge in [-0.1, -0.05) is 0 Å². The van der Waals surface area contributed by atoms with Gasteiger partial charge in [0.1, 0.15) is 30.5 Å². The molecule has 0 aromatic carbocycles. The lowest BCUT2D eigenvalue weighted by molar-refractivity contribution is -0.145. The minimum absolute atomic E-state index is 0.792. The van der Waals surface area contributed by atoms with Crippen LogP contribution in [-0.2, 0) is 0 Å². The van der Waals surface area contributed by atoms with E-state index >= 15 is 0 Å². The molecule has 0 unspecified atom stereocenters. The lowest BCUT2D eigenvalue weighted by Gasteiger charge is -2.27. The van der Waals surface area contributed by atoms with E-state index in [4.69, 9.17) is 35.7 Å². The van der Waals surface area contributed by atoms with Gasteiger partial charge in [-0.25, -0.2) is 0 Å². The normalized spacial score (nSPS) is 20.6. The van der Waals surface area contributed by atoms with Crippen LogP contribution < -0.4 is 0 Å². The van der Waals surface area contributed by atoms with Gasteiger partial charge in [0.15, 0.2) is 0 Å². The second kappa shape index (κ2) is 6.25. The summed E-state index contributed by atoms with van der Waals surface area (Å²) in [5, 5.41) is 61.9. The van der Waals surface area contributed by atoms with Crippen LogP contribution in [0.5, 0.6) is 0 Å². The molecule has 0 heterocycles. The molecule has 7 heteroatoms. The number of rotatable bonds is 6. The molecule has 0 fully saturated rings. The molecule has 0 spiro atoms. The molecule has 0 bridgehead atoms. The second-order valence-electron chi connectivity index (χ2n) is 2.97. The molecule has 7 nitrogen and oxygen atoms in total. The molecule has 0 aliphatic carbocycles. The highest BCUT2D eigenvalue weighted by Crippen LogP contribution is 2.07. The first-order valence-corrected chi connectivity index (χ1v) is 4.07. The molecule has 7 N–H and O–H groups in total. The third kappa shape index (κ3) is 3.46. The smallest absolute Gasteiger partial charge is 0.111 e. The molecule has 0 aromatic rings. The Morgan fingerprint density at radius 3 is 1.07 bits per heavy atom. The Balaban J connectivity index is 4.22. The van der Waals surface area contributed by atoms with E-state index in [1.54, 1.807) is 0 Å². The van der Waals surface area contributed by atoms with E-state index < -0.39 is 43.7 Å². The fourth-order valence-corrected chi connectivity index (χ4v) is 0.873. The predicted molar refractivity (Wildman–Crippen MR) is 44.2 cm³/mol. The highest BCUT2D eigenvalue weighted by atomic mass is 16.4. The summed E-state index contributed by atoms with van der Waals surface area (Å²) in [6.45, 7) is -1.58. The minimum Gasteiger partial charge on any atom is -0.394 e. The maximum absolute atomic E-state index is 9.15. The summed E-state index contributed by atoms with van der Waals surface area (Å²) in [7, 11) is 0. The van der Waals surface area contributed by atoms with Crippen LogP contribution in [-0.4, -0.2) is 79.5 Å². The van der Waals surface area contributed by atoms with Gasteiger partial charge in [-0.15, -0.1) is 0 Å². The van der Waals surface area contributed by atoms with Crippen molar-refractivity contribution in [3.63, 3.8) is 0 Å². The van der Waals surface area contributed by atoms with Gasteiger partial charge in [0, 0.05) is 0 Å². The summed E-state index contributed by atoms with van der Waals surface area (Å²) in [6, 6.07) is 0. The second-order valence-corrected chi connectivity index (χ2v) is 2.97. The molecule has 0 radical (unpaired) electrons. The highest BCUT2D eigenvalue weighted by molar-refractivity contribution is 4.84. The van der Waals surface area contributed by atoms with Crippen LogP contribution in [0.4, 0.5) is 0 Å². The number of aliphatic hydroxyl groups is 7. The minimum atomic E-state index is -1.85. The van der Waals surface area contributed by atoms with Crippen molar-refractivity contribution in [3.8, 4) is 0 Å². The Hall–Kier alpha value is -0.280. The Bertz CT molecular complexity index is 137. The number of hydrogen-bond acceptors (Lipinski definition) is 7. The Kier molecular flexibility index (Phi) is 6.12. The van der Waals surface area contributed by atoms with E-state index in [0.29, 0.717) is 0 Å². The molecule has 0 aliphatic rings. The zero-order valence-electron chi connectivity index (χ0n) is 7.43. The van der Waals surface area contributed by atoms with Crippen molar-refractivity contribution >= 4 is 0 Å². The van der Waals surface area contributed by atoms with Gasteiger partial charge in [-0.2, -0.15) is 0 Å². The molecule has 0 saturated heterocycles. The van der Waals surface area contributed by atoms with Crippen LogP contribution in [0.3, 0.4) is 0 Å². The first-order chi connectivity index (χ1) is 6.45. The van der Waals surface area contributed by atoms with Crippen LogP contribution in [0.1, 0.15) is 0 Å². The average Bonchev–Trinajstić information content (AvgIpc) is 2.23. The third-order valence-electron chi connectivity index (χ3n) is 1.86. The van der Waals surface area contributed by atoms with E-state index in [9.17, 15) is 0 Å². The summed E-state index contributed by atoms with van der Waals surface area (Å²) in [5.74, 6) is 0. The first kappa shape index (κ1) is 13.7. The largest absolute Gasteiger partial charge is 0.394 e. The molecule has 4 atom stereocenters. The summed E-state index contributed by atoms with van der Waals surface area (Å²) in [4.78, 5) is 0. The number of hydrogen-bond donors (Lipinski definition) is 7. The molecule has 86 valence electrons. The zero-order chi connectivity index (χ0) is 11.3. The van der Waals surface area contributed by atoms with Gasteiger partial charge in [-0.05, 0) is 0 Å². The Morgan fingerprint density at radius 1 is 0.571 bits per heavy atom. The van der Waals surface area contributed by atoms with Crippen molar-refractivity contribution < 1.29 is 35.7 Å². The molecule has 0 saturated carbocycles. The first-order valence-electron chi connectivity index (χ1n) is 4.07. The maximum atomic E-state index is 9.15. The van der Waals surface area contributed by atoms with Gasteiger partial charge in [0.05, 0.1) is 13.2 Å². The topological polar surface area (TPSA) is 142 Å². The van der Waals surface area contributed by atoms with E-state index in [2.05, 4.69) is 0 Å². The van der Waals surface area contributed by atoms with Gasteiger partial charge < -0.3 is 35.7 Å². The quantitative estimate of drug-likeness (QED) is 0.236. The predicted octanol–water partition coefficient (Wildman–Crippen LogP) is -4.22. The molecular weight excluding hydrogens is 196 g/mol. The summed E-state index contributed by atoms with van der Waals surface area (Å²) in [6.07, 6.45) is -8.68. The van der Waals surface area contributed by atoms with Crippen LogP contribution in [0.2, 0.25) is 0 Å². The van der Waals surface area contributed by atoms with E-state index in [1.807, 2.05) is 0 Å². The fourth-order valence-electron chi connectivity index (χ4n) is 0.873. The van der Waals surface area contributed by atoms with Crippen LogP contribution in [0.15, 0.2) is 0 Å². The van der Waals surface area contributed by atoms with Crippen molar-refractivity contribution in [3.05, 3.63) is 0 Å². The monoisotopic (exact) mass is 212 g/mol. The summed E-state index contributed by atoms with van der Waals surface area (Å²) in [5.41, 5.74) is 0. The number of aliphatic hydroxyl groups excluding tert-OH is 7. The summed E-state index contributed by atoms with van der Waals surface area (Å²) >= 11 is 0. The Labute approximate surface area is 80.5 Å². The van der Waals surface area contributed by atoms with Gasteiger partial charge in [0.25, 0.3) is 0 Å². The van der Waals surface area contributed by atoms with Crippen LogP contribution in [0, 0.1) is 0 Å². The SMILES string of the molecule is OC[C@@H](O)[C@H](O)C(O)[C@@H](O)[C@H](O)CO.